The number of ether oxygens (including phenoxy) is 1. The van der Waals surface area contributed by atoms with Crippen LogP contribution in [0.1, 0.15) is 31.9 Å². The molecule has 0 saturated heterocycles. The monoisotopic (exact) mass is 271 g/mol. The van der Waals surface area contributed by atoms with Gasteiger partial charge in [0.05, 0.1) is 25.5 Å². The fourth-order valence-corrected chi connectivity index (χ4v) is 3.07. The lowest BCUT2D eigenvalue weighted by molar-refractivity contribution is 0.414. The Kier molecular flexibility index (Phi) is 2.87. The lowest BCUT2D eigenvalue weighted by atomic mass is 9.83. The predicted octanol–water partition coefficient (Wildman–Crippen LogP) is 2.55. The zero-order valence-electron chi connectivity index (χ0n) is 12.5. The van der Waals surface area contributed by atoms with Gasteiger partial charge in [-0.2, -0.15) is 5.10 Å². The van der Waals surface area contributed by atoms with Crippen molar-refractivity contribution in [2.45, 2.75) is 38.8 Å². The molecule has 20 heavy (non-hydrogen) atoms. The summed E-state index contributed by atoms with van der Waals surface area (Å²) < 4.78 is 7.39. The zero-order chi connectivity index (χ0) is 14.5. The largest absolute Gasteiger partial charge is 0.497 e. The van der Waals surface area contributed by atoms with Crippen molar-refractivity contribution in [3.05, 3.63) is 35.5 Å². The van der Waals surface area contributed by atoms with Crippen molar-refractivity contribution in [1.82, 2.24) is 9.78 Å². The van der Waals surface area contributed by atoms with Crippen LogP contribution in [0.3, 0.4) is 0 Å². The molecule has 0 aliphatic heterocycles. The molecule has 106 valence electrons. The normalized spacial score (nSPS) is 16.6. The van der Waals surface area contributed by atoms with Gasteiger partial charge in [-0.25, -0.2) is 0 Å². The topological polar surface area (TPSA) is 53.1 Å². The highest BCUT2D eigenvalue weighted by Crippen LogP contribution is 2.49. The van der Waals surface area contributed by atoms with Crippen molar-refractivity contribution in [2.75, 3.05) is 7.11 Å². The first-order valence-corrected chi connectivity index (χ1v) is 6.96. The fourth-order valence-electron chi connectivity index (χ4n) is 3.07. The molecule has 0 fully saturated rings. The quantitative estimate of drug-likeness (QED) is 0.933. The van der Waals surface area contributed by atoms with Crippen LogP contribution >= 0.6 is 0 Å². The summed E-state index contributed by atoms with van der Waals surface area (Å²) in [4.78, 5) is 0. The lowest BCUT2D eigenvalue weighted by Gasteiger charge is -2.19. The number of aromatic nitrogens is 2. The molecule has 1 heterocycles. The summed E-state index contributed by atoms with van der Waals surface area (Å²) in [5.74, 6) is 0.876. The van der Waals surface area contributed by atoms with E-state index in [1.807, 2.05) is 23.9 Å². The second-order valence-corrected chi connectivity index (χ2v) is 6.10. The number of rotatable bonds is 3. The highest BCUT2D eigenvalue weighted by atomic mass is 16.5. The van der Waals surface area contributed by atoms with Crippen molar-refractivity contribution in [3.63, 3.8) is 0 Å². The molecule has 4 heteroatoms. The number of nitrogens with two attached hydrogens (primary N) is 1. The molecule has 0 bridgehead atoms. The van der Waals surface area contributed by atoms with Crippen LogP contribution in [0, 0.1) is 0 Å². The summed E-state index contributed by atoms with van der Waals surface area (Å²) in [6, 6.07) is 6.36. The van der Waals surface area contributed by atoms with E-state index in [2.05, 4.69) is 31.1 Å². The fraction of sp³-hybridized carbons (Fsp3) is 0.438. The molecule has 1 atom stereocenters. The summed E-state index contributed by atoms with van der Waals surface area (Å²) in [7, 11) is 1.70. The molecule has 3 rings (SSSR count). The number of methoxy groups -OCH3 is 1. The summed E-state index contributed by atoms with van der Waals surface area (Å²) in [5, 5.41) is 4.52. The van der Waals surface area contributed by atoms with Gasteiger partial charge >= 0.3 is 0 Å². The Bertz CT molecular complexity index is 656. The Hall–Kier alpha value is -1.81. The van der Waals surface area contributed by atoms with Gasteiger partial charge in [0, 0.05) is 22.6 Å². The number of hydrogen-bond acceptors (Lipinski definition) is 3. The van der Waals surface area contributed by atoms with Crippen LogP contribution in [0.15, 0.2) is 24.4 Å². The van der Waals surface area contributed by atoms with E-state index in [0.717, 1.165) is 12.3 Å². The molecule has 1 aliphatic carbocycles. The van der Waals surface area contributed by atoms with Gasteiger partial charge in [-0.15, -0.1) is 0 Å². The summed E-state index contributed by atoms with van der Waals surface area (Å²) in [6.45, 7) is 7.20. The van der Waals surface area contributed by atoms with Crippen LogP contribution in [0.25, 0.3) is 11.3 Å². The molecule has 0 radical (unpaired) electrons. The number of hydrogen-bond donors (Lipinski definition) is 1. The second-order valence-electron chi connectivity index (χ2n) is 6.10. The maximum atomic E-state index is 5.94. The van der Waals surface area contributed by atoms with E-state index in [1.54, 1.807) is 7.11 Å². The third kappa shape index (κ3) is 1.75. The predicted molar refractivity (Wildman–Crippen MR) is 80.0 cm³/mol. The van der Waals surface area contributed by atoms with Crippen molar-refractivity contribution in [2.24, 2.45) is 5.73 Å². The lowest BCUT2D eigenvalue weighted by Crippen LogP contribution is -2.23. The minimum atomic E-state index is -0.0208. The Morgan fingerprint density at radius 3 is 2.75 bits per heavy atom. The third-order valence-electron chi connectivity index (χ3n) is 4.13. The van der Waals surface area contributed by atoms with Crippen LogP contribution in [0.5, 0.6) is 5.75 Å². The van der Waals surface area contributed by atoms with E-state index in [1.165, 1.54) is 22.4 Å². The number of fused-ring (bicyclic) bond motifs is 3. The van der Waals surface area contributed by atoms with Gasteiger partial charge in [-0.1, -0.05) is 19.9 Å². The highest BCUT2D eigenvalue weighted by molar-refractivity contribution is 5.79. The number of nitrogens with zero attached hydrogens (tertiary/aromatic N) is 2. The van der Waals surface area contributed by atoms with Crippen LogP contribution < -0.4 is 10.5 Å². The zero-order valence-corrected chi connectivity index (χ0v) is 12.5. The first-order chi connectivity index (χ1) is 9.45. The van der Waals surface area contributed by atoms with Gasteiger partial charge in [0.1, 0.15) is 5.75 Å². The Balaban J connectivity index is 2.22. The first-order valence-electron chi connectivity index (χ1n) is 6.96. The minimum Gasteiger partial charge on any atom is -0.497 e. The molecular formula is C16H21N3O. The SMILES string of the molecule is COc1ccc2c(c1)-c1c(cnn1CC(C)N)C2(C)C. The van der Waals surface area contributed by atoms with Gasteiger partial charge in [-0.3, -0.25) is 4.68 Å². The smallest absolute Gasteiger partial charge is 0.119 e. The van der Waals surface area contributed by atoms with Gasteiger partial charge < -0.3 is 10.5 Å². The van der Waals surface area contributed by atoms with Crippen molar-refractivity contribution < 1.29 is 4.74 Å². The van der Waals surface area contributed by atoms with Crippen LogP contribution in [-0.2, 0) is 12.0 Å². The molecule has 1 aliphatic rings. The molecule has 2 aromatic rings. The van der Waals surface area contributed by atoms with Crippen LogP contribution in [-0.4, -0.2) is 22.9 Å². The maximum Gasteiger partial charge on any atom is 0.119 e. The highest BCUT2D eigenvalue weighted by Gasteiger charge is 2.38. The second kappa shape index (κ2) is 4.35. The van der Waals surface area contributed by atoms with E-state index >= 15 is 0 Å². The Labute approximate surface area is 119 Å². The third-order valence-corrected chi connectivity index (χ3v) is 4.13. The molecule has 0 amide bonds. The van der Waals surface area contributed by atoms with E-state index in [0.29, 0.717) is 0 Å². The van der Waals surface area contributed by atoms with Gasteiger partial charge in [0.2, 0.25) is 0 Å². The van der Waals surface area contributed by atoms with E-state index in [4.69, 9.17) is 10.5 Å². The molecule has 0 spiro atoms. The first kappa shape index (κ1) is 13.2. The van der Waals surface area contributed by atoms with E-state index < -0.39 is 0 Å². The van der Waals surface area contributed by atoms with E-state index in [-0.39, 0.29) is 11.5 Å². The van der Waals surface area contributed by atoms with Crippen LogP contribution in [0.2, 0.25) is 0 Å². The standard InChI is InChI=1S/C16H21N3O/c1-10(17)9-19-15-12-7-11(20-4)5-6-13(12)16(2,3)14(15)8-18-19/h5-8,10H,9,17H2,1-4H3. The molecule has 2 N–H and O–H groups in total. The average molecular weight is 271 g/mol. The molecular weight excluding hydrogens is 250 g/mol. The van der Waals surface area contributed by atoms with Gasteiger partial charge in [-0.05, 0) is 24.6 Å². The molecule has 4 nitrogen and oxygen atoms in total. The van der Waals surface area contributed by atoms with Crippen molar-refractivity contribution >= 4 is 0 Å². The number of benzene rings is 1. The van der Waals surface area contributed by atoms with Gasteiger partial charge in [0.15, 0.2) is 0 Å². The molecule has 1 aromatic carbocycles. The minimum absolute atomic E-state index is 0.0208. The van der Waals surface area contributed by atoms with E-state index in [9.17, 15) is 0 Å². The molecule has 0 saturated carbocycles. The average Bonchev–Trinajstić information content (AvgIpc) is 2.89. The van der Waals surface area contributed by atoms with Crippen molar-refractivity contribution in [3.8, 4) is 17.0 Å². The maximum absolute atomic E-state index is 5.94. The molecule has 1 aromatic heterocycles. The summed E-state index contributed by atoms with van der Waals surface area (Å²) >= 11 is 0. The summed E-state index contributed by atoms with van der Waals surface area (Å²) in [6.07, 6.45) is 1.98. The molecule has 1 unspecified atom stereocenters. The van der Waals surface area contributed by atoms with Crippen molar-refractivity contribution in [1.29, 1.82) is 0 Å². The Morgan fingerprint density at radius 2 is 2.10 bits per heavy atom. The van der Waals surface area contributed by atoms with Crippen LogP contribution in [0.4, 0.5) is 0 Å². The van der Waals surface area contributed by atoms with Gasteiger partial charge in [0.25, 0.3) is 0 Å². The summed E-state index contributed by atoms with van der Waals surface area (Å²) in [5.41, 5.74) is 10.9. The Morgan fingerprint density at radius 1 is 1.35 bits per heavy atom.